The molecule has 1 aliphatic heterocycles. The molecule has 2 amide bonds. The van der Waals surface area contributed by atoms with Crippen molar-refractivity contribution >= 4 is 37.5 Å². The summed E-state index contributed by atoms with van der Waals surface area (Å²) in [7, 11) is -7.72. The number of nitrogens with zero attached hydrogens (tertiary/aromatic N) is 1. The summed E-state index contributed by atoms with van der Waals surface area (Å²) in [5.74, 6) is -1.53. The molecule has 1 aliphatic rings. The van der Waals surface area contributed by atoms with Crippen LogP contribution in [0.15, 0.2) is 29.2 Å². The number of carbonyl (C=O) groups excluding carboxylic acids is 2. The molecule has 0 spiro atoms. The summed E-state index contributed by atoms with van der Waals surface area (Å²) in [5, 5.41) is 0. The van der Waals surface area contributed by atoms with Crippen LogP contribution in [0.5, 0.6) is 0 Å². The van der Waals surface area contributed by atoms with Gasteiger partial charge in [-0.1, -0.05) is 0 Å². The van der Waals surface area contributed by atoms with Gasteiger partial charge in [-0.2, -0.15) is 4.31 Å². The largest absolute Gasteiger partial charge is 0.284 e. The second-order valence-corrected chi connectivity index (χ2v) is 7.99. The number of nitrogens with one attached hydrogen (secondary N) is 1. The molecule has 1 fully saturated rings. The van der Waals surface area contributed by atoms with E-state index in [1.165, 1.54) is 12.1 Å². The predicted octanol–water partition coefficient (Wildman–Crippen LogP) is -0.104. The van der Waals surface area contributed by atoms with E-state index in [4.69, 9.17) is 0 Å². The molecule has 0 unspecified atom stereocenters. The molecule has 0 radical (unpaired) electrons. The molecule has 2 rings (SSSR count). The van der Waals surface area contributed by atoms with Crippen molar-refractivity contribution in [2.75, 3.05) is 11.0 Å². The van der Waals surface area contributed by atoms with Gasteiger partial charge >= 0.3 is 0 Å². The summed E-state index contributed by atoms with van der Waals surface area (Å²) in [4.78, 5) is 22.7. The van der Waals surface area contributed by atoms with E-state index in [1.54, 1.807) is 0 Å². The molecule has 1 N–H and O–H groups in total. The zero-order valence-electron chi connectivity index (χ0n) is 10.9. The number of sulfonamides is 2. The Morgan fingerprint density at radius 2 is 1.43 bits per heavy atom. The van der Waals surface area contributed by atoms with Gasteiger partial charge in [0.15, 0.2) is 0 Å². The Morgan fingerprint density at radius 3 is 1.86 bits per heavy atom. The first-order valence-electron chi connectivity index (χ1n) is 5.80. The van der Waals surface area contributed by atoms with Crippen LogP contribution in [0.1, 0.15) is 12.8 Å². The van der Waals surface area contributed by atoms with Gasteiger partial charge in [-0.05, 0) is 24.3 Å². The second kappa shape index (κ2) is 5.11. The Kier molecular flexibility index (Phi) is 3.76. The van der Waals surface area contributed by atoms with E-state index in [2.05, 4.69) is 4.72 Å². The number of hydrogen-bond donors (Lipinski definition) is 1. The topological polar surface area (TPSA) is 118 Å². The molecule has 8 nitrogen and oxygen atoms in total. The van der Waals surface area contributed by atoms with Crippen LogP contribution in [0.3, 0.4) is 0 Å². The molecule has 0 aromatic heterocycles. The lowest BCUT2D eigenvalue weighted by atomic mass is 10.3. The fraction of sp³-hybridized carbons (Fsp3) is 0.273. The standard InChI is InChI=1S/C11H12N2O6S2/c1-20(16,17)12-8-2-4-9(5-3-8)21(18,19)13-10(14)6-7-11(13)15/h2-5,12H,6-7H2,1H3. The molecule has 10 heteroatoms. The van der Waals surface area contributed by atoms with Crippen molar-refractivity contribution in [1.82, 2.24) is 4.31 Å². The Morgan fingerprint density at radius 1 is 0.952 bits per heavy atom. The molecule has 21 heavy (non-hydrogen) atoms. The number of benzene rings is 1. The number of anilines is 1. The van der Waals surface area contributed by atoms with E-state index >= 15 is 0 Å². The molecule has 0 saturated carbocycles. The third-order valence-corrected chi connectivity index (χ3v) is 5.06. The molecular formula is C11H12N2O6S2. The van der Waals surface area contributed by atoms with Gasteiger partial charge in [0.1, 0.15) is 0 Å². The van der Waals surface area contributed by atoms with E-state index in [0.29, 0.717) is 0 Å². The summed E-state index contributed by atoms with van der Waals surface area (Å²) in [5.41, 5.74) is 0.176. The third-order valence-electron chi connectivity index (χ3n) is 2.70. The van der Waals surface area contributed by atoms with Crippen LogP contribution in [0.25, 0.3) is 0 Å². The summed E-state index contributed by atoms with van der Waals surface area (Å²) in [6, 6.07) is 4.72. The van der Waals surface area contributed by atoms with E-state index < -0.39 is 31.9 Å². The van der Waals surface area contributed by atoms with Gasteiger partial charge in [-0.15, -0.1) is 0 Å². The quantitative estimate of drug-likeness (QED) is 0.769. The van der Waals surface area contributed by atoms with Crippen LogP contribution in [0, 0.1) is 0 Å². The number of amides is 2. The van der Waals surface area contributed by atoms with Crippen molar-refractivity contribution in [1.29, 1.82) is 0 Å². The van der Waals surface area contributed by atoms with E-state index in [9.17, 15) is 26.4 Å². The van der Waals surface area contributed by atoms with E-state index in [1.807, 2.05) is 0 Å². The lowest BCUT2D eigenvalue weighted by Gasteiger charge is -2.14. The molecule has 114 valence electrons. The molecule has 1 saturated heterocycles. The summed E-state index contributed by atoms with van der Waals surface area (Å²) in [6.45, 7) is 0. The van der Waals surface area contributed by atoms with Crippen LogP contribution < -0.4 is 4.72 Å². The lowest BCUT2D eigenvalue weighted by molar-refractivity contribution is -0.132. The van der Waals surface area contributed by atoms with Crippen LogP contribution in [-0.2, 0) is 29.6 Å². The van der Waals surface area contributed by atoms with Crippen molar-refractivity contribution in [2.24, 2.45) is 0 Å². The maximum absolute atomic E-state index is 12.2. The highest BCUT2D eigenvalue weighted by atomic mass is 32.2. The molecule has 1 heterocycles. The number of hydrogen-bond acceptors (Lipinski definition) is 6. The molecular weight excluding hydrogens is 320 g/mol. The van der Waals surface area contributed by atoms with Gasteiger partial charge in [0.25, 0.3) is 10.0 Å². The first-order chi connectivity index (χ1) is 9.61. The molecule has 1 aromatic rings. The zero-order valence-corrected chi connectivity index (χ0v) is 12.6. The molecule has 0 bridgehead atoms. The van der Waals surface area contributed by atoms with E-state index in [0.717, 1.165) is 18.4 Å². The van der Waals surface area contributed by atoms with Crippen LogP contribution in [-0.4, -0.2) is 39.2 Å². The van der Waals surface area contributed by atoms with Crippen molar-refractivity contribution in [3.8, 4) is 0 Å². The average Bonchev–Trinajstić information content (AvgIpc) is 2.68. The Bertz CT molecular complexity index is 780. The SMILES string of the molecule is CS(=O)(=O)Nc1ccc(S(=O)(=O)N2C(=O)CCC2=O)cc1. The smallest absolute Gasteiger partial charge is 0.273 e. The highest BCUT2D eigenvalue weighted by Crippen LogP contribution is 2.24. The summed E-state index contributed by atoms with van der Waals surface area (Å²) < 4.78 is 48.9. The molecule has 0 aliphatic carbocycles. The Hall–Kier alpha value is -1.94. The number of carbonyl (C=O) groups is 2. The zero-order chi connectivity index (χ0) is 15.8. The predicted molar refractivity (Wildman–Crippen MR) is 73.2 cm³/mol. The van der Waals surface area contributed by atoms with Gasteiger partial charge in [-0.25, -0.2) is 16.8 Å². The van der Waals surface area contributed by atoms with Crippen LogP contribution in [0.2, 0.25) is 0 Å². The van der Waals surface area contributed by atoms with Crippen molar-refractivity contribution in [3.63, 3.8) is 0 Å². The highest BCUT2D eigenvalue weighted by molar-refractivity contribution is 7.92. The Labute approximate surface area is 121 Å². The fourth-order valence-corrected chi connectivity index (χ4v) is 3.81. The normalized spacial score (nSPS) is 16.3. The minimum Gasteiger partial charge on any atom is -0.284 e. The minimum absolute atomic E-state index is 0.133. The summed E-state index contributed by atoms with van der Waals surface area (Å²) >= 11 is 0. The van der Waals surface area contributed by atoms with Crippen LogP contribution >= 0.6 is 0 Å². The summed E-state index contributed by atoms with van der Waals surface area (Å²) in [6.07, 6.45) is 0.691. The van der Waals surface area contributed by atoms with Gasteiger partial charge in [0.05, 0.1) is 11.2 Å². The Balaban J connectivity index is 2.34. The first-order valence-corrected chi connectivity index (χ1v) is 9.13. The number of rotatable bonds is 4. The third kappa shape index (κ3) is 3.22. The maximum Gasteiger partial charge on any atom is 0.273 e. The van der Waals surface area contributed by atoms with Gasteiger partial charge in [0, 0.05) is 18.5 Å². The molecule has 1 aromatic carbocycles. The highest BCUT2D eigenvalue weighted by Gasteiger charge is 2.39. The maximum atomic E-state index is 12.2. The van der Waals surface area contributed by atoms with Gasteiger partial charge < -0.3 is 0 Å². The fourth-order valence-electron chi connectivity index (χ4n) is 1.84. The van der Waals surface area contributed by atoms with Gasteiger partial charge in [-0.3, -0.25) is 14.3 Å². The van der Waals surface area contributed by atoms with Crippen molar-refractivity contribution < 1.29 is 26.4 Å². The monoisotopic (exact) mass is 332 g/mol. The average molecular weight is 332 g/mol. The first kappa shape index (κ1) is 15.4. The van der Waals surface area contributed by atoms with E-state index in [-0.39, 0.29) is 27.7 Å². The second-order valence-electron chi connectivity index (χ2n) is 4.46. The van der Waals surface area contributed by atoms with Crippen molar-refractivity contribution in [2.45, 2.75) is 17.7 Å². The van der Waals surface area contributed by atoms with Crippen LogP contribution in [0.4, 0.5) is 5.69 Å². The molecule has 0 atom stereocenters. The minimum atomic E-state index is -4.24. The lowest BCUT2D eigenvalue weighted by Crippen LogP contribution is -2.35. The number of imide groups is 1. The van der Waals surface area contributed by atoms with Crippen molar-refractivity contribution in [3.05, 3.63) is 24.3 Å². The van der Waals surface area contributed by atoms with Gasteiger partial charge in [0.2, 0.25) is 21.8 Å².